The summed E-state index contributed by atoms with van der Waals surface area (Å²) in [4.78, 5) is 85.3. The van der Waals surface area contributed by atoms with E-state index in [1.807, 2.05) is 75.1 Å². The second-order valence-electron chi connectivity index (χ2n) is 17.6. The van der Waals surface area contributed by atoms with E-state index in [2.05, 4.69) is 30.0 Å². The van der Waals surface area contributed by atoms with E-state index in [-0.39, 0.29) is 42.1 Å². The van der Waals surface area contributed by atoms with Gasteiger partial charge in [0.1, 0.15) is 35.4 Å². The van der Waals surface area contributed by atoms with E-state index in [4.69, 9.17) is 15.6 Å². The number of para-hydroxylation sites is 1. The number of imide groups is 2. The van der Waals surface area contributed by atoms with E-state index in [0.717, 1.165) is 96.5 Å². The number of fused-ring (bicyclic) bond motifs is 2. The standard InChI is InChI=1S/C46H48N12O6/c47-41-39-40(28-8-11-34(12-9-28)64-33-6-2-1-3-7-33)51-58(42(39)49-27-48-41)30-5-4-16-54(22-30)32-25-56(26-32)46(63)55-23-31(24-55)53-19-17-52(18-20-53)29-10-13-35-36(21-29)45(62)57(44(35)61)37-14-15-38(59)50-43(37)60/h1-3,6-13,21,27,30-32,37H,4-5,14-20,22-26H2,(H2,47,48,49)(H,50,59,60)/t30-,37?/m1/s1. The number of hydrogen-bond donors (Lipinski definition) is 2. The van der Waals surface area contributed by atoms with Crippen LogP contribution >= 0.6 is 0 Å². The molecule has 11 rings (SSSR count). The first-order chi connectivity index (χ1) is 31.2. The van der Waals surface area contributed by atoms with Gasteiger partial charge in [-0.15, -0.1) is 0 Å². The molecule has 18 nitrogen and oxygen atoms in total. The Morgan fingerprint density at radius 1 is 0.719 bits per heavy atom. The van der Waals surface area contributed by atoms with E-state index in [9.17, 15) is 24.0 Å². The minimum Gasteiger partial charge on any atom is -0.457 e. The lowest BCUT2D eigenvalue weighted by atomic mass is 9.99. The molecule has 6 aliphatic heterocycles. The molecule has 328 valence electrons. The topological polar surface area (TPSA) is 196 Å². The molecule has 5 saturated heterocycles. The molecule has 6 amide bonds. The Balaban J connectivity index is 0.665. The molecule has 5 fully saturated rings. The van der Waals surface area contributed by atoms with Crippen molar-refractivity contribution in [1.82, 2.24) is 49.6 Å². The van der Waals surface area contributed by atoms with Crippen molar-refractivity contribution in [2.75, 3.05) is 76.1 Å². The van der Waals surface area contributed by atoms with Crippen LogP contribution in [0.3, 0.4) is 0 Å². The molecule has 3 aromatic carbocycles. The highest BCUT2D eigenvalue weighted by Gasteiger charge is 2.46. The lowest BCUT2D eigenvalue weighted by Crippen LogP contribution is -2.70. The molecule has 1 unspecified atom stereocenters. The number of piperazine rings is 1. The van der Waals surface area contributed by atoms with E-state index in [1.165, 1.54) is 6.33 Å². The van der Waals surface area contributed by atoms with Gasteiger partial charge in [0.15, 0.2) is 5.65 Å². The molecule has 0 bridgehead atoms. The van der Waals surface area contributed by atoms with E-state index in [0.29, 0.717) is 38.0 Å². The summed E-state index contributed by atoms with van der Waals surface area (Å²) >= 11 is 0. The zero-order chi connectivity index (χ0) is 43.6. The number of rotatable bonds is 8. The number of nitrogens with one attached hydrogen (secondary N) is 1. The predicted octanol–water partition coefficient (Wildman–Crippen LogP) is 3.22. The molecular formula is C46H48N12O6. The third-order valence-electron chi connectivity index (χ3n) is 13.8. The first kappa shape index (κ1) is 39.9. The van der Waals surface area contributed by atoms with E-state index < -0.39 is 29.7 Å². The highest BCUT2D eigenvalue weighted by atomic mass is 16.5. The van der Waals surface area contributed by atoms with Gasteiger partial charge >= 0.3 is 6.03 Å². The van der Waals surface area contributed by atoms with Crippen LogP contribution in [0.4, 0.5) is 16.3 Å². The monoisotopic (exact) mass is 864 g/mol. The summed E-state index contributed by atoms with van der Waals surface area (Å²) in [6.45, 7) is 7.64. The molecule has 5 aromatic rings. The van der Waals surface area contributed by atoms with Crippen LogP contribution in [0.2, 0.25) is 0 Å². The molecule has 2 aromatic heterocycles. The second-order valence-corrected chi connectivity index (χ2v) is 17.6. The van der Waals surface area contributed by atoms with Crippen LogP contribution in [0, 0.1) is 0 Å². The van der Waals surface area contributed by atoms with Crippen molar-refractivity contribution < 1.29 is 28.7 Å². The third-order valence-corrected chi connectivity index (χ3v) is 13.8. The summed E-state index contributed by atoms with van der Waals surface area (Å²) in [5.41, 5.74) is 10.2. The van der Waals surface area contributed by atoms with Crippen LogP contribution in [0.15, 0.2) is 79.1 Å². The minimum absolute atomic E-state index is 0.0802. The van der Waals surface area contributed by atoms with Crippen LogP contribution < -0.4 is 20.7 Å². The number of amides is 6. The van der Waals surface area contributed by atoms with Crippen molar-refractivity contribution in [2.24, 2.45) is 0 Å². The zero-order valence-electron chi connectivity index (χ0n) is 35.2. The fourth-order valence-electron chi connectivity index (χ4n) is 10.2. The van der Waals surface area contributed by atoms with Crippen LogP contribution in [0.25, 0.3) is 22.3 Å². The van der Waals surface area contributed by atoms with E-state index in [1.54, 1.807) is 12.1 Å². The SMILES string of the molecule is Nc1ncnc2c1c(-c1ccc(Oc3ccccc3)cc1)nn2[C@@H]1CCCN(C2CN(C(=O)N3CC(N4CCN(c5ccc6c(c5)C(=O)N(C5CCC(=O)NC5=O)C6=O)CC4)C3)C2)C1. The third kappa shape index (κ3) is 7.06. The number of piperidine rings is 2. The van der Waals surface area contributed by atoms with Gasteiger partial charge in [0.05, 0.1) is 22.6 Å². The number of aromatic nitrogens is 4. The Hall–Kier alpha value is -6.92. The number of hydrogen-bond acceptors (Lipinski definition) is 13. The number of urea groups is 1. The maximum atomic E-state index is 13.6. The highest BCUT2D eigenvalue weighted by Crippen LogP contribution is 2.37. The molecule has 0 radical (unpaired) electrons. The van der Waals surface area contributed by atoms with Crippen molar-refractivity contribution in [2.45, 2.75) is 49.9 Å². The first-order valence-corrected chi connectivity index (χ1v) is 22.1. The summed E-state index contributed by atoms with van der Waals surface area (Å²) in [5.74, 6) is -0.148. The van der Waals surface area contributed by atoms with Crippen LogP contribution in [0.1, 0.15) is 52.4 Å². The second kappa shape index (κ2) is 16.0. The van der Waals surface area contributed by atoms with Gasteiger partial charge in [0.2, 0.25) is 11.8 Å². The minimum atomic E-state index is -0.990. The molecule has 2 atom stereocenters. The molecule has 18 heteroatoms. The number of nitrogens with zero attached hydrogens (tertiary/aromatic N) is 10. The Bertz CT molecular complexity index is 2670. The largest absolute Gasteiger partial charge is 0.457 e. The lowest BCUT2D eigenvalue weighted by Gasteiger charge is -2.53. The van der Waals surface area contributed by atoms with Gasteiger partial charge < -0.3 is 25.2 Å². The Kier molecular flexibility index (Phi) is 9.98. The Morgan fingerprint density at radius 2 is 1.42 bits per heavy atom. The maximum Gasteiger partial charge on any atom is 0.320 e. The molecule has 6 aliphatic rings. The lowest BCUT2D eigenvalue weighted by molar-refractivity contribution is -0.136. The number of likely N-dealkylation sites (tertiary alicyclic amines) is 3. The summed E-state index contributed by atoms with van der Waals surface area (Å²) in [6, 6.07) is 22.5. The summed E-state index contributed by atoms with van der Waals surface area (Å²) < 4.78 is 8.04. The zero-order valence-corrected chi connectivity index (χ0v) is 35.2. The number of carbonyl (C=O) groups is 5. The Labute approximate surface area is 368 Å². The summed E-state index contributed by atoms with van der Waals surface area (Å²) in [7, 11) is 0. The summed E-state index contributed by atoms with van der Waals surface area (Å²) in [6.07, 6.45) is 3.67. The number of carbonyl (C=O) groups excluding carboxylic acids is 5. The average molecular weight is 865 g/mol. The van der Waals surface area contributed by atoms with Crippen molar-refractivity contribution in [3.8, 4) is 22.8 Å². The van der Waals surface area contributed by atoms with Gasteiger partial charge in [-0.25, -0.2) is 19.4 Å². The van der Waals surface area contributed by atoms with Crippen LogP contribution in [-0.4, -0.2) is 157 Å². The molecule has 0 aliphatic carbocycles. The van der Waals surface area contributed by atoms with Crippen molar-refractivity contribution in [3.05, 3.63) is 90.3 Å². The highest BCUT2D eigenvalue weighted by molar-refractivity contribution is 6.23. The van der Waals surface area contributed by atoms with Gasteiger partial charge in [-0.2, -0.15) is 5.10 Å². The maximum absolute atomic E-state index is 13.6. The molecule has 0 saturated carbocycles. The average Bonchev–Trinajstić information content (AvgIpc) is 3.79. The van der Waals surface area contributed by atoms with Gasteiger partial charge in [0, 0.05) is 88.7 Å². The fraction of sp³-hybridized carbons (Fsp3) is 0.391. The molecule has 8 heterocycles. The molecule has 64 heavy (non-hydrogen) atoms. The van der Waals surface area contributed by atoms with Crippen LogP contribution in [0.5, 0.6) is 11.5 Å². The van der Waals surface area contributed by atoms with Crippen molar-refractivity contribution in [1.29, 1.82) is 0 Å². The molecular weight excluding hydrogens is 817 g/mol. The van der Waals surface area contributed by atoms with Gasteiger partial charge in [-0.1, -0.05) is 18.2 Å². The summed E-state index contributed by atoms with van der Waals surface area (Å²) in [5, 5.41) is 8.11. The first-order valence-electron chi connectivity index (χ1n) is 22.1. The van der Waals surface area contributed by atoms with Gasteiger partial charge in [0.25, 0.3) is 11.8 Å². The number of anilines is 2. The normalized spacial score (nSPS) is 22.4. The quantitative estimate of drug-likeness (QED) is 0.216. The number of ether oxygens (including phenoxy) is 1. The number of benzene rings is 3. The molecule has 0 spiro atoms. The van der Waals surface area contributed by atoms with Gasteiger partial charge in [-0.05, 0) is 80.4 Å². The fourth-order valence-corrected chi connectivity index (χ4v) is 10.2. The molecule has 3 N–H and O–H groups in total. The number of nitrogens with two attached hydrogens (primary N) is 1. The van der Waals surface area contributed by atoms with Gasteiger partial charge in [-0.3, -0.25) is 39.2 Å². The van der Waals surface area contributed by atoms with E-state index >= 15 is 0 Å². The smallest absolute Gasteiger partial charge is 0.320 e. The van der Waals surface area contributed by atoms with Crippen molar-refractivity contribution in [3.63, 3.8) is 0 Å². The number of nitrogen functional groups attached to an aromatic ring is 1. The predicted molar refractivity (Wildman–Crippen MR) is 235 cm³/mol. The van der Waals surface area contributed by atoms with Crippen LogP contribution in [-0.2, 0) is 9.59 Å². The van der Waals surface area contributed by atoms with Crippen molar-refractivity contribution >= 4 is 52.2 Å². The Morgan fingerprint density at radius 3 is 2.16 bits per heavy atom.